The first kappa shape index (κ1) is 10.7. The molecule has 0 aliphatic rings. The van der Waals surface area contributed by atoms with Gasteiger partial charge in [0.2, 0.25) is 0 Å². The maximum atomic E-state index is 10.9. The van der Waals surface area contributed by atoms with Crippen molar-refractivity contribution in [2.75, 3.05) is 0 Å². The SMILES string of the molecule is Cc1ccc(-c2nn(C(C)C)cc2C=O)o1. The van der Waals surface area contributed by atoms with Gasteiger partial charge in [-0.05, 0) is 32.9 Å². The molecule has 0 N–H and O–H groups in total. The van der Waals surface area contributed by atoms with Gasteiger partial charge >= 0.3 is 0 Å². The molecule has 0 unspecified atom stereocenters. The fourth-order valence-electron chi connectivity index (χ4n) is 1.51. The maximum absolute atomic E-state index is 10.9. The summed E-state index contributed by atoms with van der Waals surface area (Å²) in [5.41, 5.74) is 1.17. The molecule has 2 rings (SSSR count). The minimum Gasteiger partial charge on any atom is -0.460 e. The van der Waals surface area contributed by atoms with E-state index in [1.807, 2.05) is 32.9 Å². The second-order valence-corrected chi connectivity index (χ2v) is 4.03. The summed E-state index contributed by atoms with van der Waals surface area (Å²) in [5.74, 6) is 1.45. The van der Waals surface area contributed by atoms with E-state index in [9.17, 15) is 4.79 Å². The molecule has 0 atom stereocenters. The number of nitrogens with zero attached hydrogens (tertiary/aromatic N) is 2. The molecule has 16 heavy (non-hydrogen) atoms. The van der Waals surface area contributed by atoms with Crippen LogP contribution in [0.2, 0.25) is 0 Å². The molecule has 2 aromatic rings. The smallest absolute Gasteiger partial charge is 0.155 e. The highest BCUT2D eigenvalue weighted by Gasteiger charge is 2.14. The lowest BCUT2D eigenvalue weighted by molar-refractivity contribution is 0.112. The van der Waals surface area contributed by atoms with Gasteiger partial charge in [0.15, 0.2) is 12.0 Å². The molecular formula is C12H14N2O2. The van der Waals surface area contributed by atoms with Crippen molar-refractivity contribution in [2.24, 2.45) is 0 Å². The molecule has 4 nitrogen and oxygen atoms in total. The lowest BCUT2D eigenvalue weighted by Gasteiger charge is -2.02. The highest BCUT2D eigenvalue weighted by molar-refractivity contribution is 5.84. The van der Waals surface area contributed by atoms with Crippen molar-refractivity contribution >= 4 is 6.29 Å². The van der Waals surface area contributed by atoms with Crippen LogP contribution in [0.25, 0.3) is 11.5 Å². The van der Waals surface area contributed by atoms with Gasteiger partial charge in [-0.1, -0.05) is 0 Å². The summed E-state index contributed by atoms with van der Waals surface area (Å²) < 4.78 is 7.23. The first-order valence-corrected chi connectivity index (χ1v) is 5.23. The Balaban J connectivity index is 2.51. The van der Waals surface area contributed by atoms with Crippen molar-refractivity contribution < 1.29 is 9.21 Å². The Bertz CT molecular complexity index is 509. The molecule has 0 bridgehead atoms. The molecule has 0 fully saturated rings. The molecule has 0 aliphatic carbocycles. The van der Waals surface area contributed by atoms with E-state index in [0.29, 0.717) is 17.0 Å². The predicted molar refractivity (Wildman–Crippen MR) is 60.4 cm³/mol. The lowest BCUT2D eigenvalue weighted by Crippen LogP contribution is -2.00. The average molecular weight is 218 g/mol. The summed E-state index contributed by atoms with van der Waals surface area (Å²) in [7, 11) is 0. The van der Waals surface area contributed by atoms with Crippen LogP contribution in [0.3, 0.4) is 0 Å². The van der Waals surface area contributed by atoms with Crippen molar-refractivity contribution in [3.05, 3.63) is 29.7 Å². The van der Waals surface area contributed by atoms with Crippen LogP contribution < -0.4 is 0 Å². The van der Waals surface area contributed by atoms with Gasteiger partial charge in [-0.3, -0.25) is 9.48 Å². The van der Waals surface area contributed by atoms with Crippen molar-refractivity contribution in [1.82, 2.24) is 9.78 Å². The van der Waals surface area contributed by atoms with E-state index in [-0.39, 0.29) is 6.04 Å². The minimum atomic E-state index is 0.225. The first-order chi connectivity index (χ1) is 7.61. The van der Waals surface area contributed by atoms with Gasteiger partial charge in [0.05, 0.1) is 5.56 Å². The molecule has 0 spiro atoms. The quantitative estimate of drug-likeness (QED) is 0.744. The predicted octanol–water partition coefficient (Wildman–Crippen LogP) is 2.84. The third kappa shape index (κ3) is 1.78. The average Bonchev–Trinajstić information content (AvgIpc) is 2.82. The summed E-state index contributed by atoms with van der Waals surface area (Å²) in [6.45, 7) is 5.89. The molecule has 0 aliphatic heterocycles. The monoisotopic (exact) mass is 218 g/mol. The summed E-state index contributed by atoms with van der Waals surface area (Å²) in [6.07, 6.45) is 2.55. The van der Waals surface area contributed by atoms with Crippen molar-refractivity contribution in [2.45, 2.75) is 26.8 Å². The normalized spacial score (nSPS) is 11.0. The molecule has 0 amide bonds. The standard InChI is InChI=1S/C12H14N2O2/c1-8(2)14-6-10(7-15)12(13-14)11-5-4-9(3)16-11/h4-8H,1-3H3. The molecule has 4 heteroatoms. The van der Waals surface area contributed by atoms with E-state index in [4.69, 9.17) is 4.42 Å². The highest BCUT2D eigenvalue weighted by atomic mass is 16.3. The van der Waals surface area contributed by atoms with Crippen LogP contribution in [-0.2, 0) is 0 Å². The van der Waals surface area contributed by atoms with Gasteiger partial charge in [-0.15, -0.1) is 0 Å². The van der Waals surface area contributed by atoms with Gasteiger partial charge in [0.1, 0.15) is 11.5 Å². The van der Waals surface area contributed by atoms with Gasteiger partial charge < -0.3 is 4.42 Å². The van der Waals surface area contributed by atoms with Crippen molar-refractivity contribution in [1.29, 1.82) is 0 Å². The summed E-state index contributed by atoms with van der Waals surface area (Å²) in [4.78, 5) is 10.9. The number of hydrogen-bond donors (Lipinski definition) is 0. The zero-order valence-electron chi connectivity index (χ0n) is 9.60. The molecule has 2 aromatic heterocycles. The van der Waals surface area contributed by atoms with Crippen LogP contribution in [0, 0.1) is 6.92 Å². The Morgan fingerprint density at radius 1 is 1.44 bits per heavy atom. The van der Waals surface area contributed by atoms with E-state index in [1.54, 1.807) is 10.9 Å². The third-order valence-corrected chi connectivity index (χ3v) is 2.39. The molecule has 0 aromatic carbocycles. The Morgan fingerprint density at radius 2 is 2.19 bits per heavy atom. The van der Waals surface area contributed by atoms with Gasteiger partial charge in [-0.2, -0.15) is 5.10 Å². The zero-order chi connectivity index (χ0) is 11.7. The van der Waals surface area contributed by atoms with E-state index < -0.39 is 0 Å². The van der Waals surface area contributed by atoms with Crippen LogP contribution >= 0.6 is 0 Å². The second-order valence-electron chi connectivity index (χ2n) is 4.03. The number of aryl methyl sites for hydroxylation is 1. The Kier molecular flexibility index (Phi) is 2.64. The minimum absolute atomic E-state index is 0.225. The highest BCUT2D eigenvalue weighted by Crippen LogP contribution is 2.24. The van der Waals surface area contributed by atoms with Crippen LogP contribution in [0.1, 0.15) is 36.0 Å². The number of carbonyl (C=O) groups is 1. The fourth-order valence-corrected chi connectivity index (χ4v) is 1.51. The number of furan rings is 1. The molecular weight excluding hydrogens is 204 g/mol. The van der Waals surface area contributed by atoms with Gasteiger partial charge in [-0.25, -0.2) is 0 Å². The summed E-state index contributed by atoms with van der Waals surface area (Å²) >= 11 is 0. The fraction of sp³-hybridized carbons (Fsp3) is 0.333. The molecule has 0 radical (unpaired) electrons. The molecule has 0 saturated heterocycles. The molecule has 84 valence electrons. The Morgan fingerprint density at radius 3 is 2.69 bits per heavy atom. The summed E-state index contributed by atoms with van der Waals surface area (Å²) in [6, 6.07) is 3.91. The van der Waals surface area contributed by atoms with Gasteiger partial charge in [0.25, 0.3) is 0 Å². The van der Waals surface area contributed by atoms with Crippen LogP contribution in [0.15, 0.2) is 22.7 Å². The molecule has 2 heterocycles. The van der Waals surface area contributed by atoms with E-state index >= 15 is 0 Å². The van der Waals surface area contributed by atoms with E-state index in [1.165, 1.54) is 0 Å². The van der Waals surface area contributed by atoms with Crippen molar-refractivity contribution in [3.8, 4) is 11.5 Å². The van der Waals surface area contributed by atoms with Crippen LogP contribution in [0.4, 0.5) is 0 Å². The second kappa shape index (κ2) is 3.96. The lowest BCUT2D eigenvalue weighted by atomic mass is 10.2. The van der Waals surface area contributed by atoms with Gasteiger partial charge in [0, 0.05) is 12.2 Å². The number of hydrogen-bond acceptors (Lipinski definition) is 3. The van der Waals surface area contributed by atoms with Crippen LogP contribution in [0.5, 0.6) is 0 Å². The number of aldehydes is 1. The topological polar surface area (TPSA) is 48.0 Å². The zero-order valence-corrected chi connectivity index (χ0v) is 9.60. The van der Waals surface area contributed by atoms with Crippen molar-refractivity contribution in [3.63, 3.8) is 0 Å². The first-order valence-electron chi connectivity index (χ1n) is 5.23. The largest absolute Gasteiger partial charge is 0.460 e. The van der Waals surface area contributed by atoms with Crippen LogP contribution in [-0.4, -0.2) is 16.1 Å². The molecule has 0 saturated carbocycles. The van der Waals surface area contributed by atoms with E-state index in [0.717, 1.165) is 12.0 Å². The number of aromatic nitrogens is 2. The Labute approximate surface area is 93.9 Å². The Hall–Kier alpha value is -1.84. The number of carbonyl (C=O) groups excluding carboxylic acids is 1. The van der Waals surface area contributed by atoms with E-state index in [2.05, 4.69) is 5.10 Å². The maximum Gasteiger partial charge on any atom is 0.155 e. The number of rotatable bonds is 3. The summed E-state index contributed by atoms with van der Waals surface area (Å²) in [5, 5.41) is 4.36. The third-order valence-electron chi connectivity index (χ3n) is 2.39.